The molecule has 0 saturated carbocycles. The normalized spacial score (nSPS) is 14.4. The van der Waals surface area contributed by atoms with Gasteiger partial charge in [0.2, 0.25) is 0 Å². The molecule has 1 aromatic heterocycles. The predicted molar refractivity (Wildman–Crippen MR) is 62.3 cm³/mol. The fourth-order valence-electron chi connectivity index (χ4n) is 1.41. The first kappa shape index (κ1) is 12.6. The number of nitrogens with one attached hydrogen (secondary N) is 1. The number of aromatic nitrogens is 1. The van der Waals surface area contributed by atoms with Gasteiger partial charge in [0, 0.05) is 24.4 Å². The quantitative estimate of drug-likeness (QED) is 0.765. The molecule has 88 valence electrons. The maximum Gasteiger partial charge on any atom is 0.321 e. The first-order chi connectivity index (χ1) is 7.63. The van der Waals surface area contributed by atoms with Gasteiger partial charge in [-0.25, -0.2) is 0 Å². The van der Waals surface area contributed by atoms with Crippen LogP contribution in [0, 0.1) is 0 Å². The first-order valence-corrected chi connectivity index (χ1v) is 5.52. The zero-order valence-corrected chi connectivity index (χ0v) is 9.68. The van der Waals surface area contributed by atoms with Crippen LogP contribution in [0.1, 0.15) is 26.0 Å². The number of rotatable bonds is 6. The highest BCUT2D eigenvalue weighted by atomic mass is 16.4. The molecule has 0 aliphatic carbocycles. The maximum absolute atomic E-state index is 11.1. The molecule has 1 heterocycles. The van der Waals surface area contributed by atoms with E-state index in [4.69, 9.17) is 5.11 Å². The minimum absolute atomic E-state index is 0.199. The molecular weight excluding hydrogens is 204 g/mol. The molecule has 0 amide bonds. The van der Waals surface area contributed by atoms with E-state index in [0.717, 1.165) is 12.1 Å². The Bertz CT molecular complexity index is 327. The van der Waals surface area contributed by atoms with Crippen molar-refractivity contribution in [3.05, 3.63) is 30.1 Å². The number of carboxylic acid groups (broad SMARTS) is 1. The average Bonchev–Trinajstić information content (AvgIpc) is 2.29. The van der Waals surface area contributed by atoms with Crippen molar-refractivity contribution in [2.24, 2.45) is 0 Å². The van der Waals surface area contributed by atoms with Gasteiger partial charge < -0.3 is 10.4 Å². The molecule has 2 unspecified atom stereocenters. The van der Waals surface area contributed by atoms with Crippen LogP contribution in [0.15, 0.2) is 24.4 Å². The minimum atomic E-state index is -0.828. The molecule has 0 aromatic carbocycles. The van der Waals surface area contributed by atoms with Crippen LogP contribution in [-0.2, 0) is 11.2 Å². The van der Waals surface area contributed by atoms with Gasteiger partial charge in [-0.1, -0.05) is 13.0 Å². The van der Waals surface area contributed by atoms with Crippen molar-refractivity contribution in [3.63, 3.8) is 0 Å². The highest BCUT2D eigenvalue weighted by Gasteiger charge is 2.19. The van der Waals surface area contributed by atoms with E-state index in [1.165, 1.54) is 0 Å². The van der Waals surface area contributed by atoms with Gasteiger partial charge in [-0.05, 0) is 25.5 Å². The summed E-state index contributed by atoms with van der Waals surface area (Å²) in [5.41, 5.74) is 0.797. The molecule has 2 atom stereocenters. The van der Waals surface area contributed by atoms with Gasteiger partial charge in [-0.2, -0.15) is 0 Å². The van der Waals surface area contributed by atoms with Crippen molar-refractivity contribution in [1.29, 1.82) is 0 Å². The number of hydrogen-bond donors (Lipinski definition) is 2. The van der Waals surface area contributed by atoms with E-state index in [0.29, 0.717) is 6.42 Å². The average molecular weight is 222 g/mol. The molecule has 0 aliphatic rings. The van der Waals surface area contributed by atoms with Crippen LogP contribution in [0.4, 0.5) is 0 Å². The topological polar surface area (TPSA) is 62.2 Å². The third-order valence-electron chi connectivity index (χ3n) is 2.54. The van der Waals surface area contributed by atoms with Gasteiger partial charge in [-0.15, -0.1) is 0 Å². The first-order valence-electron chi connectivity index (χ1n) is 5.52. The lowest BCUT2D eigenvalue weighted by molar-refractivity contribution is -0.139. The van der Waals surface area contributed by atoms with Crippen molar-refractivity contribution in [1.82, 2.24) is 10.3 Å². The van der Waals surface area contributed by atoms with Crippen LogP contribution >= 0.6 is 0 Å². The SMILES string of the molecule is CCC(C)NC(Cc1ccccn1)C(=O)O. The number of carbonyl (C=O) groups is 1. The zero-order chi connectivity index (χ0) is 12.0. The van der Waals surface area contributed by atoms with E-state index in [1.807, 2.05) is 32.0 Å². The Morgan fingerprint density at radius 2 is 2.31 bits per heavy atom. The van der Waals surface area contributed by atoms with Gasteiger partial charge in [0.1, 0.15) is 6.04 Å². The summed E-state index contributed by atoms with van der Waals surface area (Å²) in [5.74, 6) is -0.828. The highest BCUT2D eigenvalue weighted by molar-refractivity contribution is 5.73. The van der Waals surface area contributed by atoms with Gasteiger partial charge in [0.15, 0.2) is 0 Å². The Morgan fingerprint density at radius 1 is 1.56 bits per heavy atom. The fraction of sp³-hybridized carbons (Fsp3) is 0.500. The summed E-state index contributed by atoms with van der Waals surface area (Å²) in [6.45, 7) is 4.01. The lowest BCUT2D eigenvalue weighted by Crippen LogP contribution is -2.43. The molecule has 0 bridgehead atoms. The van der Waals surface area contributed by atoms with E-state index in [1.54, 1.807) is 6.20 Å². The summed E-state index contributed by atoms with van der Waals surface area (Å²) in [4.78, 5) is 15.2. The van der Waals surface area contributed by atoms with Crippen molar-refractivity contribution >= 4 is 5.97 Å². The summed E-state index contributed by atoms with van der Waals surface area (Å²) >= 11 is 0. The van der Waals surface area contributed by atoms with E-state index in [2.05, 4.69) is 10.3 Å². The lowest BCUT2D eigenvalue weighted by atomic mass is 10.1. The second-order valence-corrected chi connectivity index (χ2v) is 3.89. The second kappa shape index (κ2) is 6.23. The Kier molecular flexibility index (Phi) is 4.92. The van der Waals surface area contributed by atoms with Crippen LogP contribution in [0.5, 0.6) is 0 Å². The van der Waals surface area contributed by atoms with Crippen LogP contribution in [0.25, 0.3) is 0 Å². The molecule has 0 aliphatic heterocycles. The highest BCUT2D eigenvalue weighted by Crippen LogP contribution is 2.02. The molecule has 2 N–H and O–H groups in total. The number of pyridine rings is 1. The second-order valence-electron chi connectivity index (χ2n) is 3.89. The van der Waals surface area contributed by atoms with Crippen molar-refractivity contribution in [2.75, 3.05) is 0 Å². The largest absolute Gasteiger partial charge is 0.480 e. The standard InChI is InChI=1S/C12H18N2O2/c1-3-9(2)14-11(12(15)16)8-10-6-4-5-7-13-10/h4-7,9,11,14H,3,8H2,1-2H3,(H,15,16). The monoisotopic (exact) mass is 222 g/mol. The van der Waals surface area contributed by atoms with Crippen LogP contribution < -0.4 is 5.32 Å². The Labute approximate surface area is 95.7 Å². The molecule has 16 heavy (non-hydrogen) atoms. The van der Waals surface area contributed by atoms with E-state index < -0.39 is 12.0 Å². The minimum Gasteiger partial charge on any atom is -0.480 e. The summed E-state index contributed by atoms with van der Waals surface area (Å²) in [7, 11) is 0. The van der Waals surface area contributed by atoms with Gasteiger partial charge in [-0.3, -0.25) is 9.78 Å². The molecule has 0 spiro atoms. The van der Waals surface area contributed by atoms with E-state index in [-0.39, 0.29) is 6.04 Å². The Balaban J connectivity index is 2.62. The molecular formula is C12H18N2O2. The Morgan fingerprint density at radius 3 is 2.81 bits per heavy atom. The smallest absolute Gasteiger partial charge is 0.321 e. The summed E-state index contributed by atoms with van der Waals surface area (Å²) in [6.07, 6.45) is 3.00. The van der Waals surface area contributed by atoms with Gasteiger partial charge >= 0.3 is 5.97 Å². The molecule has 0 radical (unpaired) electrons. The van der Waals surface area contributed by atoms with Crippen molar-refractivity contribution in [2.45, 2.75) is 38.8 Å². The summed E-state index contributed by atoms with van der Waals surface area (Å²) in [5, 5.41) is 12.2. The predicted octanol–water partition coefficient (Wildman–Crippen LogP) is 1.47. The summed E-state index contributed by atoms with van der Waals surface area (Å²) < 4.78 is 0. The van der Waals surface area contributed by atoms with E-state index >= 15 is 0 Å². The fourth-order valence-corrected chi connectivity index (χ4v) is 1.41. The number of nitrogens with zero attached hydrogens (tertiary/aromatic N) is 1. The third kappa shape index (κ3) is 3.98. The molecule has 1 aromatic rings. The van der Waals surface area contributed by atoms with Crippen LogP contribution in [-0.4, -0.2) is 28.1 Å². The molecule has 4 nitrogen and oxygen atoms in total. The van der Waals surface area contributed by atoms with Gasteiger partial charge in [0.05, 0.1) is 0 Å². The van der Waals surface area contributed by atoms with Crippen molar-refractivity contribution < 1.29 is 9.90 Å². The van der Waals surface area contributed by atoms with Crippen LogP contribution in [0.3, 0.4) is 0 Å². The molecule has 4 heteroatoms. The Hall–Kier alpha value is -1.42. The maximum atomic E-state index is 11.1. The van der Waals surface area contributed by atoms with Crippen molar-refractivity contribution in [3.8, 4) is 0 Å². The van der Waals surface area contributed by atoms with Gasteiger partial charge in [0.25, 0.3) is 0 Å². The summed E-state index contributed by atoms with van der Waals surface area (Å²) in [6, 6.07) is 5.16. The zero-order valence-electron chi connectivity index (χ0n) is 9.68. The number of aliphatic carboxylic acids is 1. The molecule has 0 saturated heterocycles. The number of hydrogen-bond acceptors (Lipinski definition) is 3. The van der Waals surface area contributed by atoms with E-state index in [9.17, 15) is 4.79 Å². The number of carboxylic acids is 1. The van der Waals surface area contributed by atoms with Crippen LogP contribution in [0.2, 0.25) is 0 Å². The third-order valence-corrected chi connectivity index (χ3v) is 2.54. The lowest BCUT2D eigenvalue weighted by Gasteiger charge is -2.18. The molecule has 1 rings (SSSR count). The molecule has 0 fully saturated rings.